The van der Waals surface area contributed by atoms with Crippen LogP contribution >= 0.6 is 22.7 Å². The Hall–Kier alpha value is -2.41. The zero-order valence-electron chi connectivity index (χ0n) is 16.4. The van der Waals surface area contributed by atoms with Gasteiger partial charge in [0, 0.05) is 15.7 Å². The van der Waals surface area contributed by atoms with E-state index >= 15 is 0 Å². The van der Waals surface area contributed by atoms with Crippen LogP contribution in [0.5, 0.6) is 0 Å². The molecule has 2 aliphatic rings. The monoisotopic (exact) mass is 414 g/mol. The predicted molar refractivity (Wildman–Crippen MR) is 123 cm³/mol. The van der Waals surface area contributed by atoms with Crippen LogP contribution in [0.3, 0.4) is 0 Å². The Bertz CT molecular complexity index is 1250. The van der Waals surface area contributed by atoms with Crippen molar-refractivity contribution >= 4 is 40.6 Å². The third-order valence-corrected chi connectivity index (χ3v) is 8.35. The van der Waals surface area contributed by atoms with Crippen molar-refractivity contribution < 1.29 is 4.79 Å². The van der Waals surface area contributed by atoms with E-state index in [9.17, 15) is 4.79 Å². The number of benzene rings is 1. The van der Waals surface area contributed by atoms with E-state index in [0.717, 1.165) is 22.6 Å². The van der Waals surface area contributed by atoms with E-state index in [1.165, 1.54) is 26.6 Å². The highest BCUT2D eigenvalue weighted by atomic mass is 32.1. The number of ketones is 1. The zero-order chi connectivity index (χ0) is 19.8. The lowest BCUT2D eigenvalue weighted by molar-refractivity contribution is 0.0844. The van der Waals surface area contributed by atoms with Crippen LogP contribution in [0.2, 0.25) is 0 Å². The molecule has 29 heavy (non-hydrogen) atoms. The van der Waals surface area contributed by atoms with Gasteiger partial charge >= 0.3 is 0 Å². The molecule has 5 rings (SSSR count). The number of thiophene rings is 2. The van der Waals surface area contributed by atoms with Gasteiger partial charge in [0.25, 0.3) is 0 Å². The lowest BCUT2D eigenvalue weighted by Crippen LogP contribution is -2.39. The van der Waals surface area contributed by atoms with Gasteiger partial charge in [-0.15, -0.1) is 28.6 Å². The summed E-state index contributed by atoms with van der Waals surface area (Å²) in [6.45, 7) is 1.86. The van der Waals surface area contributed by atoms with Crippen LogP contribution in [0.15, 0.2) is 48.5 Å². The van der Waals surface area contributed by atoms with Crippen LogP contribution in [0.1, 0.15) is 40.7 Å². The third kappa shape index (κ3) is 3.52. The van der Waals surface area contributed by atoms with E-state index in [-0.39, 0.29) is 5.92 Å². The van der Waals surface area contributed by atoms with Gasteiger partial charge in [-0.25, -0.2) is 0 Å². The molecule has 0 aliphatic heterocycles. The first-order valence-corrected chi connectivity index (χ1v) is 11.8. The summed E-state index contributed by atoms with van der Waals surface area (Å²) < 4.78 is 0. The van der Waals surface area contributed by atoms with Crippen molar-refractivity contribution in [3.8, 4) is 21.6 Å². The Morgan fingerprint density at radius 3 is 2.52 bits per heavy atom. The summed E-state index contributed by atoms with van der Waals surface area (Å²) in [4.78, 5) is 17.8. The largest absolute Gasteiger partial charge is 0.293 e. The summed E-state index contributed by atoms with van der Waals surface area (Å²) >= 11 is 3.33. The number of fused-ring (bicyclic) bond motifs is 2. The van der Waals surface area contributed by atoms with Crippen molar-refractivity contribution in [2.75, 3.05) is 0 Å². The fraction of sp³-hybridized carbons (Fsp3) is 0.269. The van der Waals surface area contributed by atoms with Crippen LogP contribution in [0.4, 0.5) is 0 Å². The van der Waals surface area contributed by atoms with Crippen LogP contribution in [0, 0.1) is 29.6 Å². The smallest absolute Gasteiger partial charge is 0.176 e. The van der Waals surface area contributed by atoms with Gasteiger partial charge in [-0.1, -0.05) is 48.8 Å². The Labute approximate surface area is 179 Å². The molecule has 0 amide bonds. The van der Waals surface area contributed by atoms with Gasteiger partial charge in [0.1, 0.15) is 0 Å². The molecule has 1 aromatic carbocycles. The van der Waals surface area contributed by atoms with Crippen molar-refractivity contribution in [2.24, 2.45) is 17.8 Å². The molecule has 0 N–H and O–H groups in total. The fourth-order valence-electron chi connectivity index (χ4n) is 4.70. The Kier molecular flexibility index (Phi) is 4.99. The second kappa shape index (κ2) is 7.78. The average molecular weight is 415 g/mol. The molecule has 3 atom stereocenters. The molecule has 3 heteroatoms. The SMILES string of the molecule is CC#Cc1ccc(-c2ccc(C(=O)[C@H]3CCC[C@H]4C=c5ccccc5=C[C@H]43)s2)s1. The normalized spacial score (nSPS) is 22.3. The summed E-state index contributed by atoms with van der Waals surface area (Å²) in [6.07, 6.45) is 8.08. The number of Topliss-reactive ketones (excluding diaryl/α,β-unsaturated/α-hetero) is 1. The average Bonchev–Trinajstić information content (AvgIpc) is 3.41. The summed E-state index contributed by atoms with van der Waals surface area (Å²) in [5.41, 5.74) is 0. The summed E-state index contributed by atoms with van der Waals surface area (Å²) in [5.74, 6) is 7.29. The van der Waals surface area contributed by atoms with Crippen LogP contribution < -0.4 is 10.4 Å². The molecular formula is C26H22OS2. The molecule has 0 radical (unpaired) electrons. The Morgan fingerprint density at radius 2 is 1.69 bits per heavy atom. The molecule has 2 heterocycles. The highest BCUT2D eigenvalue weighted by Gasteiger charge is 2.36. The van der Waals surface area contributed by atoms with Gasteiger partial charge in [-0.3, -0.25) is 4.79 Å². The minimum absolute atomic E-state index is 0.0923. The van der Waals surface area contributed by atoms with E-state index in [0.29, 0.717) is 17.6 Å². The maximum atomic E-state index is 13.5. The van der Waals surface area contributed by atoms with E-state index in [1.54, 1.807) is 22.7 Å². The van der Waals surface area contributed by atoms with Gasteiger partial charge < -0.3 is 0 Å². The van der Waals surface area contributed by atoms with Crippen LogP contribution in [-0.2, 0) is 0 Å². The van der Waals surface area contributed by atoms with Crippen molar-refractivity contribution in [1.29, 1.82) is 0 Å². The van der Waals surface area contributed by atoms with Crippen LogP contribution in [0.25, 0.3) is 21.9 Å². The molecule has 2 aliphatic carbocycles. The van der Waals surface area contributed by atoms with Crippen molar-refractivity contribution in [2.45, 2.75) is 26.2 Å². The van der Waals surface area contributed by atoms with Crippen molar-refractivity contribution in [3.05, 3.63) is 68.7 Å². The van der Waals surface area contributed by atoms with Gasteiger partial charge in [-0.2, -0.15) is 0 Å². The molecule has 0 unspecified atom stereocenters. The second-order valence-corrected chi connectivity index (χ2v) is 9.98. The van der Waals surface area contributed by atoms with Gasteiger partial charge in [-0.05, 0) is 66.3 Å². The second-order valence-electron chi connectivity index (χ2n) is 7.81. The number of hydrogen-bond acceptors (Lipinski definition) is 3. The molecule has 1 saturated carbocycles. The third-order valence-electron chi connectivity index (χ3n) is 6.06. The number of rotatable bonds is 3. The molecule has 0 spiro atoms. The Balaban J connectivity index is 1.44. The van der Waals surface area contributed by atoms with Gasteiger partial charge in [0.2, 0.25) is 0 Å². The van der Waals surface area contributed by atoms with Crippen molar-refractivity contribution in [3.63, 3.8) is 0 Å². The first-order valence-electron chi connectivity index (χ1n) is 10.2. The fourth-order valence-corrected chi connectivity index (χ4v) is 6.71. The number of carbonyl (C=O) groups excluding carboxylic acids is 1. The topological polar surface area (TPSA) is 17.1 Å². The quantitative estimate of drug-likeness (QED) is 0.418. The highest BCUT2D eigenvalue weighted by molar-refractivity contribution is 7.23. The van der Waals surface area contributed by atoms with Crippen molar-refractivity contribution in [1.82, 2.24) is 0 Å². The highest BCUT2D eigenvalue weighted by Crippen LogP contribution is 2.41. The lowest BCUT2D eigenvalue weighted by Gasteiger charge is -2.35. The molecule has 3 aromatic rings. The van der Waals surface area contributed by atoms with Gasteiger partial charge in [0.05, 0.1) is 9.75 Å². The Morgan fingerprint density at radius 1 is 0.931 bits per heavy atom. The van der Waals surface area contributed by atoms with E-state index in [1.807, 2.05) is 13.0 Å². The standard InChI is InChI=1S/C26H22OS2/c1-2-6-20-11-12-23(28-20)24-13-14-25(29-24)26(27)21-10-5-9-19-15-17-7-3-4-8-18(17)16-22(19)21/h3-4,7-8,11-16,19,21-22H,5,9-10H2,1H3/t19-,21-,22+/m0/s1. The predicted octanol–water partition coefficient (Wildman–Crippen LogP) is 5.34. The minimum Gasteiger partial charge on any atom is -0.293 e. The maximum Gasteiger partial charge on any atom is 0.176 e. The number of carbonyl (C=O) groups is 1. The summed E-state index contributed by atoms with van der Waals surface area (Å²) in [7, 11) is 0. The van der Waals surface area contributed by atoms with Crippen LogP contribution in [-0.4, -0.2) is 5.78 Å². The first kappa shape index (κ1) is 18.6. The minimum atomic E-state index is 0.0923. The first-order chi connectivity index (χ1) is 14.2. The molecule has 1 fully saturated rings. The van der Waals surface area contributed by atoms with E-state index in [2.05, 4.69) is 66.5 Å². The van der Waals surface area contributed by atoms with E-state index in [4.69, 9.17) is 0 Å². The molecule has 0 bridgehead atoms. The molecule has 1 nitrogen and oxygen atoms in total. The number of hydrogen-bond donors (Lipinski definition) is 0. The summed E-state index contributed by atoms with van der Waals surface area (Å²) in [6, 6.07) is 16.9. The maximum absolute atomic E-state index is 13.5. The van der Waals surface area contributed by atoms with Gasteiger partial charge in [0.15, 0.2) is 5.78 Å². The zero-order valence-corrected chi connectivity index (χ0v) is 18.0. The molecule has 144 valence electrons. The molecule has 0 saturated heterocycles. The molecular weight excluding hydrogens is 392 g/mol. The lowest BCUT2D eigenvalue weighted by atomic mass is 9.68. The molecule has 2 aromatic heterocycles. The summed E-state index contributed by atoms with van der Waals surface area (Å²) in [5, 5.41) is 2.60. The van der Waals surface area contributed by atoms with E-state index < -0.39 is 0 Å².